The molecule has 3 N–H and O–H groups in total. The van der Waals surface area contributed by atoms with Gasteiger partial charge in [0.1, 0.15) is 25.1 Å². The molecule has 0 aliphatic heterocycles. The molecule has 0 unspecified atom stereocenters. The molecule has 1 fully saturated rings. The largest absolute Gasteiger partial charge is 0.463 e. The monoisotopic (exact) mass is 610 g/mol. The lowest BCUT2D eigenvalue weighted by molar-refractivity contribution is -0.152. The molecule has 0 spiro atoms. The summed E-state index contributed by atoms with van der Waals surface area (Å²) in [5.41, 5.74) is 0. The molecule has 0 aromatic carbocycles. The Morgan fingerprint density at radius 1 is 0.814 bits per heavy atom. The number of aliphatic hydroxyl groups excluding tert-OH is 3. The molecule has 0 radical (unpaired) electrons. The second-order valence-electron chi connectivity index (χ2n) is 12.9. The lowest BCUT2D eigenvalue weighted by atomic mass is 9.88. The van der Waals surface area contributed by atoms with E-state index in [-0.39, 0.29) is 49.6 Å². The van der Waals surface area contributed by atoms with Gasteiger partial charge in [-0.15, -0.1) is 0 Å². The van der Waals surface area contributed by atoms with E-state index in [4.69, 9.17) is 9.47 Å². The first kappa shape index (κ1) is 39.3. The molecular formula is C35H62O8. The fourth-order valence-corrected chi connectivity index (χ4v) is 5.64. The molecule has 5 atom stereocenters. The van der Waals surface area contributed by atoms with Gasteiger partial charge in [-0.2, -0.15) is 0 Å². The number of aliphatic hydroxyl groups is 3. The number of allylic oxidation sites excluding steroid dienone is 1. The van der Waals surface area contributed by atoms with Gasteiger partial charge in [-0.3, -0.25) is 14.4 Å². The van der Waals surface area contributed by atoms with Crippen molar-refractivity contribution in [2.75, 3.05) is 13.2 Å². The molecule has 0 saturated heterocycles. The van der Waals surface area contributed by atoms with Crippen molar-refractivity contribution in [1.82, 2.24) is 0 Å². The Labute approximate surface area is 261 Å². The number of unbranched alkanes of at least 4 members (excludes halogenated alkanes) is 10. The minimum absolute atomic E-state index is 0.0347. The van der Waals surface area contributed by atoms with Gasteiger partial charge < -0.3 is 24.8 Å². The van der Waals surface area contributed by atoms with Crippen LogP contribution in [0.15, 0.2) is 12.2 Å². The summed E-state index contributed by atoms with van der Waals surface area (Å²) in [6.45, 7) is 6.23. The fourth-order valence-electron chi connectivity index (χ4n) is 5.64. The Morgan fingerprint density at radius 2 is 1.35 bits per heavy atom. The molecule has 0 amide bonds. The molecule has 0 aromatic heterocycles. The number of hydrogen-bond donors (Lipinski definition) is 3. The molecule has 8 nitrogen and oxygen atoms in total. The number of esters is 2. The summed E-state index contributed by atoms with van der Waals surface area (Å²) in [7, 11) is 0. The molecule has 8 heteroatoms. The first-order chi connectivity index (χ1) is 20.6. The van der Waals surface area contributed by atoms with E-state index in [2.05, 4.69) is 20.8 Å². The maximum atomic E-state index is 12.4. The molecule has 1 aliphatic carbocycles. The van der Waals surface area contributed by atoms with Gasteiger partial charge in [0.05, 0.1) is 12.2 Å². The van der Waals surface area contributed by atoms with Gasteiger partial charge >= 0.3 is 11.9 Å². The average molecular weight is 611 g/mol. The van der Waals surface area contributed by atoms with Crippen LogP contribution in [0, 0.1) is 17.8 Å². The summed E-state index contributed by atoms with van der Waals surface area (Å²) in [6.07, 6.45) is 17.6. The molecule has 0 heterocycles. The number of ether oxygens (including phenoxy) is 2. The molecule has 1 rings (SSSR count). The van der Waals surface area contributed by atoms with Gasteiger partial charge in [-0.05, 0) is 37.5 Å². The summed E-state index contributed by atoms with van der Waals surface area (Å²) in [5, 5.41) is 30.5. The molecule has 43 heavy (non-hydrogen) atoms. The number of carbonyl (C=O) groups excluding carboxylic acids is 3. The van der Waals surface area contributed by atoms with Crippen LogP contribution in [0.2, 0.25) is 0 Å². The van der Waals surface area contributed by atoms with Gasteiger partial charge in [0.25, 0.3) is 0 Å². The fraction of sp³-hybridized carbons (Fsp3) is 0.857. The Balaban J connectivity index is 2.09. The average Bonchev–Trinajstić information content (AvgIpc) is 3.23. The van der Waals surface area contributed by atoms with Crippen LogP contribution in [-0.2, 0) is 23.9 Å². The second kappa shape index (κ2) is 24.5. The summed E-state index contributed by atoms with van der Waals surface area (Å²) < 4.78 is 10.2. The van der Waals surface area contributed by atoms with E-state index in [1.165, 1.54) is 25.7 Å². The van der Waals surface area contributed by atoms with E-state index in [1.807, 2.05) is 0 Å². The van der Waals surface area contributed by atoms with Crippen LogP contribution < -0.4 is 0 Å². The third-order valence-corrected chi connectivity index (χ3v) is 8.34. The van der Waals surface area contributed by atoms with Gasteiger partial charge in [-0.25, -0.2) is 0 Å². The highest BCUT2D eigenvalue weighted by molar-refractivity contribution is 5.86. The van der Waals surface area contributed by atoms with Crippen LogP contribution in [0.4, 0.5) is 0 Å². The van der Waals surface area contributed by atoms with Crippen LogP contribution in [0.1, 0.15) is 143 Å². The zero-order valence-corrected chi connectivity index (χ0v) is 27.4. The molecule has 0 bridgehead atoms. The van der Waals surface area contributed by atoms with Crippen molar-refractivity contribution in [3.8, 4) is 0 Å². The van der Waals surface area contributed by atoms with Crippen molar-refractivity contribution in [2.24, 2.45) is 17.8 Å². The van der Waals surface area contributed by atoms with Gasteiger partial charge in [0.15, 0.2) is 0 Å². The van der Waals surface area contributed by atoms with E-state index in [0.29, 0.717) is 19.3 Å². The van der Waals surface area contributed by atoms with Crippen LogP contribution in [-0.4, -0.2) is 64.6 Å². The third-order valence-electron chi connectivity index (χ3n) is 8.34. The second-order valence-corrected chi connectivity index (χ2v) is 12.9. The summed E-state index contributed by atoms with van der Waals surface area (Å²) in [5.74, 6) is -0.400. The van der Waals surface area contributed by atoms with Crippen LogP contribution in [0.25, 0.3) is 0 Å². The predicted octanol–water partition coefficient (Wildman–Crippen LogP) is 6.61. The van der Waals surface area contributed by atoms with Crippen molar-refractivity contribution >= 4 is 17.7 Å². The molecule has 250 valence electrons. The van der Waals surface area contributed by atoms with Gasteiger partial charge in [0, 0.05) is 25.2 Å². The Kier molecular flexibility index (Phi) is 22.4. The zero-order valence-electron chi connectivity index (χ0n) is 27.4. The number of hydrogen-bond acceptors (Lipinski definition) is 8. The quantitative estimate of drug-likeness (QED) is 0.0566. The van der Waals surface area contributed by atoms with Gasteiger partial charge in [-0.1, -0.05) is 110 Å². The van der Waals surface area contributed by atoms with Crippen LogP contribution in [0.3, 0.4) is 0 Å². The molecule has 1 saturated carbocycles. The minimum atomic E-state index is -1.03. The highest BCUT2D eigenvalue weighted by Gasteiger charge is 2.39. The Morgan fingerprint density at radius 3 is 1.93 bits per heavy atom. The van der Waals surface area contributed by atoms with E-state index in [1.54, 1.807) is 12.2 Å². The number of carbonyl (C=O) groups is 3. The van der Waals surface area contributed by atoms with Crippen LogP contribution >= 0.6 is 0 Å². The summed E-state index contributed by atoms with van der Waals surface area (Å²) >= 11 is 0. The van der Waals surface area contributed by atoms with Crippen molar-refractivity contribution in [3.05, 3.63) is 12.2 Å². The number of ketones is 1. The lowest BCUT2D eigenvalue weighted by Gasteiger charge is -2.19. The maximum absolute atomic E-state index is 12.4. The van der Waals surface area contributed by atoms with E-state index < -0.39 is 24.3 Å². The lowest BCUT2D eigenvalue weighted by Crippen LogP contribution is -2.25. The Bertz CT molecular complexity index is 780. The minimum Gasteiger partial charge on any atom is -0.463 e. The SMILES string of the molecule is CCCCC[C@H](O)/C=C/[C@H]1C(=O)C[C@H](O)[C@@H]1CCCCCCC(=O)OC[C@H](O)COC(=O)CCCCCCCCC(C)C. The van der Waals surface area contributed by atoms with Crippen molar-refractivity contribution in [1.29, 1.82) is 0 Å². The maximum Gasteiger partial charge on any atom is 0.305 e. The topological polar surface area (TPSA) is 130 Å². The number of Topliss-reactive ketones (excluding diaryl/α,β-unsaturated/α-hetero) is 1. The zero-order chi connectivity index (χ0) is 31.9. The van der Waals surface area contributed by atoms with E-state index in [9.17, 15) is 29.7 Å². The van der Waals surface area contributed by atoms with Crippen molar-refractivity contribution < 1.29 is 39.2 Å². The van der Waals surface area contributed by atoms with Crippen molar-refractivity contribution in [3.63, 3.8) is 0 Å². The molecular weight excluding hydrogens is 548 g/mol. The van der Waals surface area contributed by atoms with Crippen LogP contribution in [0.5, 0.6) is 0 Å². The predicted molar refractivity (Wildman–Crippen MR) is 169 cm³/mol. The van der Waals surface area contributed by atoms with Crippen molar-refractivity contribution in [2.45, 2.75) is 161 Å². The summed E-state index contributed by atoms with van der Waals surface area (Å²) in [6, 6.07) is 0. The molecule has 1 aliphatic rings. The standard InChI is InChI=1S/C35H62O8/c1-4-5-12-18-28(36)22-23-31-30(32(38)24-33(31)39)19-14-10-11-16-21-35(41)43-26-29(37)25-42-34(40)20-15-9-7-6-8-13-17-27(2)3/h22-23,27-32,36-38H,4-21,24-26H2,1-3H3/b23-22+/t28-,29+,30+,31+,32-/m0/s1. The first-order valence-electron chi connectivity index (χ1n) is 17.2. The highest BCUT2D eigenvalue weighted by Crippen LogP contribution is 2.34. The smallest absolute Gasteiger partial charge is 0.305 e. The highest BCUT2D eigenvalue weighted by atomic mass is 16.6. The normalized spacial score (nSPS) is 20.2. The first-order valence-corrected chi connectivity index (χ1v) is 17.2. The van der Waals surface area contributed by atoms with Gasteiger partial charge in [0.2, 0.25) is 0 Å². The third kappa shape index (κ3) is 20.0. The Hall–Kier alpha value is -1.77. The summed E-state index contributed by atoms with van der Waals surface area (Å²) in [4.78, 5) is 36.3. The molecule has 0 aromatic rings. The van der Waals surface area contributed by atoms with E-state index in [0.717, 1.165) is 70.1 Å². The van der Waals surface area contributed by atoms with E-state index >= 15 is 0 Å². The number of rotatable bonds is 26.